The smallest absolute Gasteiger partial charge is 0.126 e. The second-order valence-corrected chi connectivity index (χ2v) is 7.77. The van der Waals surface area contributed by atoms with E-state index < -0.39 is 0 Å². The molecule has 0 radical (unpaired) electrons. The molecule has 2 heterocycles. The van der Waals surface area contributed by atoms with Crippen LogP contribution in [-0.4, -0.2) is 5.75 Å². The summed E-state index contributed by atoms with van der Waals surface area (Å²) in [6, 6.07) is 6.76. The third kappa shape index (κ3) is 3.43. The monoisotopic (exact) mass is 342 g/mol. The Labute approximate surface area is 136 Å². The van der Waals surface area contributed by atoms with Crippen molar-refractivity contribution in [1.82, 2.24) is 5.43 Å². The molecule has 2 nitrogen and oxygen atoms in total. The molecule has 1 aliphatic rings. The second kappa shape index (κ2) is 6.67. The average Bonchev–Trinajstić information content (AvgIpc) is 2.91. The zero-order valence-electron chi connectivity index (χ0n) is 11.4. The topological polar surface area (TPSA) is 38.0 Å². The van der Waals surface area contributed by atoms with Crippen LogP contribution in [0, 0.1) is 5.82 Å². The van der Waals surface area contributed by atoms with Crippen molar-refractivity contribution in [3.8, 4) is 0 Å². The molecule has 0 aliphatic carbocycles. The highest BCUT2D eigenvalue weighted by atomic mass is 35.5. The molecule has 112 valence electrons. The molecule has 0 fully saturated rings. The zero-order valence-corrected chi connectivity index (χ0v) is 13.8. The highest BCUT2D eigenvalue weighted by Crippen LogP contribution is 2.35. The number of benzene rings is 1. The van der Waals surface area contributed by atoms with Gasteiger partial charge in [0.1, 0.15) is 5.82 Å². The molecule has 21 heavy (non-hydrogen) atoms. The SMILES string of the molecule is NNC(Cc1cc(Cl)ccc1F)c1cc2c(s1)CCSC2. The molecule has 1 aliphatic heterocycles. The Balaban J connectivity index is 1.84. The summed E-state index contributed by atoms with van der Waals surface area (Å²) in [5.41, 5.74) is 4.81. The van der Waals surface area contributed by atoms with E-state index in [0.29, 0.717) is 17.0 Å². The van der Waals surface area contributed by atoms with Gasteiger partial charge in [-0.05, 0) is 54.0 Å². The van der Waals surface area contributed by atoms with Gasteiger partial charge in [-0.25, -0.2) is 4.39 Å². The van der Waals surface area contributed by atoms with Crippen LogP contribution < -0.4 is 11.3 Å². The van der Waals surface area contributed by atoms with Gasteiger partial charge in [-0.15, -0.1) is 11.3 Å². The molecule has 1 aromatic carbocycles. The minimum Gasteiger partial charge on any atom is -0.271 e. The standard InChI is InChI=1S/C15H16ClFN2S2/c16-11-1-2-12(17)9(5-11)6-13(19-18)15-7-10-8-20-4-3-14(10)21-15/h1-2,5,7,13,19H,3-4,6,8,18H2. The minimum atomic E-state index is -0.239. The maximum Gasteiger partial charge on any atom is 0.126 e. The van der Waals surface area contributed by atoms with Crippen molar-refractivity contribution in [2.24, 2.45) is 5.84 Å². The lowest BCUT2D eigenvalue weighted by Crippen LogP contribution is -2.29. The maximum absolute atomic E-state index is 13.9. The van der Waals surface area contributed by atoms with Gasteiger partial charge >= 0.3 is 0 Å². The third-order valence-corrected chi connectivity index (χ3v) is 6.22. The number of thiophene rings is 1. The van der Waals surface area contributed by atoms with E-state index in [-0.39, 0.29) is 11.9 Å². The van der Waals surface area contributed by atoms with Gasteiger partial charge in [0.25, 0.3) is 0 Å². The van der Waals surface area contributed by atoms with Crippen LogP contribution in [0.5, 0.6) is 0 Å². The van der Waals surface area contributed by atoms with E-state index in [1.165, 1.54) is 27.1 Å². The predicted molar refractivity (Wildman–Crippen MR) is 89.4 cm³/mol. The number of fused-ring (bicyclic) bond motifs is 1. The summed E-state index contributed by atoms with van der Waals surface area (Å²) in [7, 11) is 0. The minimum absolute atomic E-state index is 0.0847. The Bertz CT molecular complexity index is 621. The highest BCUT2D eigenvalue weighted by molar-refractivity contribution is 7.98. The molecule has 0 bridgehead atoms. The van der Waals surface area contributed by atoms with Crippen LogP contribution in [0.25, 0.3) is 0 Å². The van der Waals surface area contributed by atoms with Crippen LogP contribution in [0.15, 0.2) is 24.3 Å². The molecular formula is C15H16ClFN2S2. The average molecular weight is 343 g/mol. The van der Waals surface area contributed by atoms with Crippen molar-refractivity contribution in [1.29, 1.82) is 0 Å². The number of aryl methyl sites for hydroxylation is 1. The molecule has 3 rings (SSSR count). The summed E-state index contributed by atoms with van der Waals surface area (Å²) in [6.45, 7) is 0. The first-order valence-corrected chi connectivity index (χ1v) is 9.11. The number of hydrazine groups is 1. The Morgan fingerprint density at radius 2 is 2.24 bits per heavy atom. The number of rotatable bonds is 4. The van der Waals surface area contributed by atoms with E-state index in [0.717, 1.165) is 12.2 Å². The van der Waals surface area contributed by atoms with Crippen molar-refractivity contribution >= 4 is 34.7 Å². The summed E-state index contributed by atoms with van der Waals surface area (Å²) in [6.07, 6.45) is 1.61. The summed E-state index contributed by atoms with van der Waals surface area (Å²) in [5.74, 6) is 7.70. The predicted octanol–water partition coefficient (Wildman–Crippen LogP) is 4.08. The fraction of sp³-hybridized carbons (Fsp3) is 0.333. The van der Waals surface area contributed by atoms with Gasteiger partial charge in [-0.1, -0.05) is 11.6 Å². The van der Waals surface area contributed by atoms with Gasteiger partial charge in [-0.3, -0.25) is 11.3 Å². The Morgan fingerprint density at radius 3 is 3.00 bits per heavy atom. The molecule has 0 saturated carbocycles. The summed E-state index contributed by atoms with van der Waals surface area (Å²) in [4.78, 5) is 2.61. The van der Waals surface area contributed by atoms with Gasteiger partial charge in [0.05, 0.1) is 6.04 Å². The Hall–Kier alpha value is -0.590. The number of hydrogen-bond donors (Lipinski definition) is 2. The summed E-state index contributed by atoms with van der Waals surface area (Å²) >= 11 is 9.70. The van der Waals surface area contributed by atoms with Crippen LogP contribution in [0.1, 0.15) is 26.9 Å². The second-order valence-electron chi connectivity index (χ2n) is 5.06. The molecule has 6 heteroatoms. The first-order chi connectivity index (χ1) is 10.2. The van der Waals surface area contributed by atoms with E-state index in [9.17, 15) is 4.39 Å². The molecular weight excluding hydrogens is 327 g/mol. The molecule has 0 saturated heterocycles. The van der Waals surface area contributed by atoms with E-state index in [1.54, 1.807) is 23.5 Å². The van der Waals surface area contributed by atoms with Gasteiger partial charge in [-0.2, -0.15) is 11.8 Å². The summed E-state index contributed by atoms with van der Waals surface area (Å²) in [5, 5.41) is 0.545. The van der Waals surface area contributed by atoms with E-state index in [2.05, 4.69) is 11.5 Å². The van der Waals surface area contributed by atoms with E-state index >= 15 is 0 Å². The third-order valence-electron chi connectivity index (χ3n) is 3.62. The van der Waals surface area contributed by atoms with Crippen molar-refractivity contribution in [2.45, 2.75) is 24.6 Å². The maximum atomic E-state index is 13.9. The van der Waals surface area contributed by atoms with Crippen molar-refractivity contribution < 1.29 is 4.39 Å². The fourth-order valence-corrected chi connectivity index (χ4v) is 5.13. The molecule has 3 N–H and O–H groups in total. The largest absolute Gasteiger partial charge is 0.271 e. The van der Waals surface area contributed by atoms with Crippen molar-refractivity contribution in [2.75, 3.05) is 5.75 Å². The van der Waals surface area contributed by atoms with Crippen LogP contribution >= 0.6 is 34.7 Å². The van der Waals surface area contributed by atoms with Crippen LogP contribution in [0.3, 0.4) is 0 Å². The van der Waals surface area contributed by atoms with E-state index in [4.69, 9.17) is 17.4 Å². The molecule has 2 aromatic rings. The Kier molecular flexibility index (Phi) is 4.86. The number of hydrogen-bond acceptors (Lipinski definition) is 4. The van der Waals surface area contributed by atoms with Crippen LogP contribution in [0.4, 0.5) is 4.39 Å². The van der Waals surface area contributed by atoms with Crippen LogP contribution in [0.2, 0.25) is 5.02 Å². The number of halogens is 2. The lowest BCUT2D eigenvalue weighted by atomic mass is 10.0. The quantitative estimate of drug-likeness (QED) is 0.649. The first-order valence-electron chi connectivity index (χ1n) is 6.76. The lowest BCUT2D eigenvalue weighted by Gasteiger charge is -2.15. The molecule has 1 unspecified atom stereocenters. The van der Waals surface area contributed by atoms with Gasteiger partial charge in [0.15, 0.2) is 0 Å². The van der Waals surface area contributed by atoms with Crippen molar-refractivity contribution in [3.63, 3.8) is 0 Å². The lowest BCUT2D eigenvalue weighted by molar-refractivity contribution is 0.535. The molecule has 1 aromatic heterocycles. The van der Waals surface area contributed by atoms with E-state index in [1.807, 2.05) is 11.8 Å². The normalized spacial score (nSPS) is 15.8. The van der Waals surface area contributed by atoms with Gasteiger partial charge in [0, 0.05) is 20.5 Å². The zero-order chi connectivity index (χ0) is 14.8. The number of thioether (sulfide) groups is 1. The molecule has 0 spiro atoms. The van der Waals surface area contributed by atoms with Crippen LogP contribution in [-0.2, 0) is 18.6 Å². The molecule has 0 amide bonds. The highest BCUT2D eigenvalue weighted by Gasteiger charge is 2.20. The summed E-state index contributed by atoms with van der Waals surface area (Å²) < 4.78 is 13.9. The Morgan fingerprint density at radius 1 is 1.38 bits per heavy atom. The van der Waals surface area contributed by atoms with Gasteiger partial charge < -0.3 is 0 Å². The molecule has 1 atom stereocenters. The number of nitrogens with two attached hydrogens (primary N) is 1. The number of nitrogens with one attached hydrogen (secondary N) is 1. The first kappa shape index (κ1) is 15.3. The van der Waals surface area contributed by atoms with Gasteiger partial charge in [0.2, 0.25) is 0 Å². The fourth-order valence-electron chi connectivity index (χ4n) is 2.50. The van der Waals surface area contributed by atoms with Crippen molar-refractivity contribution in [3.05, 3.63) is 56.0 Å².